The maximum atomic E-state index is 14.0. The fraction of sp³-hybridized carbons (Fsp3) is 0.152. The second-order valence-corrected chi connectivity index (χ2v) is 11.2. The zero-order chi connectivity index (χ0) is 26.7. The van der Waals surface area contributed by atoms with Crippen LogP contribution in [0.4, 0.5) is 4.39 Å². The van der Waals surface area contributed by atoms with Crippen molar-refractivity contribution in [1.29, 1.82) is 0 Å². The van der Waals surface area contributed by atoms with E-state index < -0.39 is 0 Å². The van der Waals surface area contributed by atoms with Crippen molar-refractivity contribution < 1.29 is 4.39 Å². The summed E-state index contributed by atoms with van der Waals surface area (Å²) in [5.74, 6) is -0.263. The van der Waals surface area contributed by atoms with Crippen molar-refractivity contribution >= 4 is 23.1 Å². The molecule has 7 rings (SSSR count). The van der Waals surface area contributed by atoms with Gasteiger partial charge in [0.25, 0.3) is 5.56 Å². The van der Waals surface area contributed by atoms with Gasteiger partial charge in [0.15, 0.2) is 4.80 Å². The molecule has 3 aromatic carbocycles. The predicted molar refractivity (Wildman–Crippen MR) is 154 cm³/mol. The van der Waals surface area contributed by atoms with Gasteiger partial charge in [0.2, 0.25) is 0 Å². The third-order valence-electron chi connectivity index (χ3n) is 7.83. The van der Waals surface area contributed by atoms with Crippen LogP contribution in [0.5, 0.6) is 0 Å². The molecule has 39 heavy (non-hydrogen) atoms. The molecular weight excluding hydrogens is 505 g/mol. The van der Waals surface area contributed by atoms with Gasteiger partial charge in [-0.2, -0.15) is 0 Å². The van der Waals surface area contributed by atoms with Crippen LogP contribution in [0.3, 0.4) is 0 Å². The van der Waals surface area contributed by atoms with E-state index in [0.29, 0.717) is 4.53 Å². The molecule has 0 bridgehead atoms. The molecule has 0 saturated carbocycles. The standard InChI is InChI=1S/C33H26FN3OS/c1-20-18-24(21(2)36(20)26-15-13-25(34)14-16-26)19-29-32(38)37-31(23-9-4-3-5-10-23)28-17-12-22-8-6-7-11-27(22)30(28)35-33(37)39-29/h3-11,13-16,18-19,31H,12,17H2,1-2H3. The highest BCUT2D eigenvalue weighted by Crippen LogP contribution is 2.41. The summed E-state index contributed by atoms with van der Waals surface area (Å²) < 4.78 is 18.2. The quantitative estimate of drug-likeness (QED) is 0.287. The van der Waals surface area contributed by atoms with Crippen LogP contribution in [0.2, 0.25) is 0 Å². The number of halogens is 1. The average molecular weight is 532 g/mol. The van der Waals surface area contributed by atoms with Gasteiger partial charge in [-0.3, -0.25) is 9.36 Å². The fourth-order valence-electron chi connectivity index (χ4n) is 6.02. The van der Waals surface area contributed by atoms with E-state index in [1.165, 1.54) is 40.2 Å². The summed E-state index contributed by atoms with van der Waals surface area (Å²) in [6, 6.07) is 27.1. The number of rotatable bonds is 3. The first-order chi connectivity index (χ1) is 19.0. The molecule has 0 saturated heterocycles. The fourth-order valence-corrected chi connectivity index (χ4v) is 7.01. The van der Waals surface area contributed by atoms with Crippen LogP contribution in [0, 0.1) is 19.7 Å². The molecule has 5 aromatic rings. The molecule has 1 atom stereocenters. The Bertz CT molecular complexity index is 1960. The Morgan fingerprint density at radius 1 is 0.949 bits per heavy atom. The van der Waals surface area contributed by atoms with Gasteiger partial charge in [-0.1, -0.05) is 65.9 Å². The van der Waals surface area contributed by atoms with Crippen LogP contribution >= 0.6 is 11.3 Å². The molecule has 3 heterocycles. The van der Waals surface area contributed by atoms with E-state index in [1.807, 2.05) is 42.7 Å². The van der Waals surface area contributed by atoms with Crippen molar-refractivity contribution in [2.45, 2.75) is 32.7 Å². The van der Waals surface area contributed by atoms with Gasteiger partial charge in [0.1, 0.15) is 5.82 Å². The van der Waals surface area contributed by atoms with Crippen LogP contribution in [-0.4, -0.2) is 9.13 Å². The molecule has 6 heteroatoms. The van der Waals surface area contributed by atoms with Gasteiger partial charge >= 0.3 is 0 Å². The Kier molecular flexibility index (Phi) is 5.60. The van der Waals surface area contributed by atoms with Crippen molar-refractivity contribution in [3.05, 3.63) is 150 Å². The minimum absolute atomic E-state index is 0.0235. The predicted octanol–water partition coefficient (Wildman–Crippen LogP) is 5.87. The van der Waals surface area contributed by atoms with Gasteiger partial charge in [-0.15, -0.1) is 0 Å². The first kappa shape index (κ1) is 23.8. The lowest BCUT2D eigenvalue weighted by Gasteiger charge is -2.30. The van der Waals surface area contributed by atoms with Gasteiger partial charge in [0, 0.05) is 22.6 Å². The lowest BCUT2D eigenvalue weighted by Crippen LogP contribution is -2.38. The third kappa shape index (κ3) is 3.86. The second kappa shape index (κ2) is 9.17. The number of hydrogen-bond donors (Lipinski definition) is 0. The number of allylic oxidation sites excluding steroid dienone is 1. The Labute approximate surface area is 229 Å². The molecule has 1 aliphatic carbocycles. The summed E-state index contributed by atoms with van der Waals surface area (Å²) in [5, 5.41) is 0. The molecule has 0 fully saturated rings. The Morgan fingerprint density at radius 2 is 1.69 bits per heavy atom. The van der Waals surface area contributed by atoms with Crippen molar-refractivity contribution in [3.8, 4) is 5.69 Å². The van der Waals surface area contributed by atoms with Crippen molar-refractivity contribution in [3.63, 3.8) is 0 Å². The highest BCUT2D eigenvalue weighted by molar-refractivity contribution is 7.07. The molecule has 0 radical (unpaired) electrons. The number of fused-ring (bicyclic) bond motifs is 3. The molecule has 1 aliphatic heterocycles. The summed E-state index contributed by atoms with van der Waals surface area (Å²) in [7, 11) is 0. The lowest BCUT2D eigenvalue weighted by atomic mass is 9.83. The smallest absolute Gasteiger partial charge is 0.271 e. The normalized spacial score (nSPS) is 16.5. The first-order valence-corrected chi connectivity index (χ1v) is 13.9. The highest BCUT2D eigenvalue weighted by atomic mass is 32.1. The minimum Gasteiger partial charge on any atom is -0.318 e. The van der Waals surface area contributed by atoms with E-state index in [-0.39, 0.29) is 17.4 Å². The van der Waals surface area contributed by atoms with Crippen LogP contribution < -0.4 is 14.9 Å². The van der Waals surface area contributed by atoms with Gasteiger partial charge in [-0.05, 0) is 85.4 Å². The Hall–Kier alpha value is -4.29. The SMILES string of the molecule is Cc1cc(C=c2sc3n(c2=O)C(c2ccccc2)C2=C(N=3)c3ccccc3CC2)c(C)n1-c1ccc(F)cc1. The topological polar surface area (TPSA) is 39.3 Å². The minimum atomic E-state index is -0.263. The number of nitrogens with zero attached hydrogens (tertiary/aromatic N) is 3. The summed E-state index contributed by atoms with van der Waals surface area (Å²) in [6.45, 7) is 4.05. The molecule has 1 unspecified atom stereocenters. The van der Waals surface area contributed by atoms with Gasteiger partial charge in [0.05, 0.1) is 16.3 Å². The van der Waals surface area contributed by atoms with Crippen molar-refractivity contribution in [1.82, 2.24) is 9.13 Å². The van der Waals surface area contributed by atoms with Crippen molar-refractivity contribution in [2.75, 3.05) is 0 Å². The molecule has 0 spiro atoms. The van der Waals surface area contributed by atoms with E-state index in [2.05, 4.69) is 47.0 Å². The summed E-state index contributed by atoms with van der Waals surface area (Å²) in [5.41, 5.74) is 9.63. The summed E-state index contributed by atoms with van der Waals surface area (Å²) >= 11 is 1.44. The molecule has 0 N–H and O–H groups in total. The van der Waals surface area contributed by atoms with E-state index in [4.69, 9.17) is 4.99 Å². The van der Waals surface area contributed by atoms with Crippen molar-refractivity contribution in [2.24, 2.45) is 4.99 Å². The third-order valence-corrected chi connectivity index (χ3v) is 8.81. The molecule has 4 nitrogen and oxygen atoms in total. The zero-order valence-corrected chi connectivity index (χ0v) is 22.5. The lowest BCUT2D eigenvalue weighted by molar-refractivity contribution is 0.585. The highest BCUT2D eigenvalue weighted by Gasteiger charge is 2.32. The zero-order valence-electron chi connectivity index (χ0n) is 21.7. The Balaban J connectivity index is 1.43. The summed E-state index contributed by atoms with van der Waals surface area (Å²) in [4.78, 5) is 19.9. The van der Waals surface area contributed by atoms with Gasteiger partial charge < -0.3 is 4.57 Å². The number of aryl methyl sites for hydroxylation is 2. The van der Waals surface area contributed by atoms with Crippen LogP contribution in [0.25, 0.3) is 17.5 Å². The van der Waals surface area contributed by atoms with Crippen LogP contribution in [0.1, 0.15) is 46.1 Å². The first-order valence-electron chi connectivity index (χ1n) is 13.1. The molecule has 192 valence electrons. The number of benzene rings is 3. The van der Waals surface area contributed by atoms with Gasteiger partial charge in [-0.25, -0.2) is 9.38 Å². The Morgan fingerprint density at radius 3 is 2.49 bits per heavy atom. The maximum Gasteiger partial charge on any atom is 0.271 e. The maximum absolute atomic E-state index is 14.0. The number of thiazole rings is 1. The average Bonchev–Trinajstić information content (AvgIpc) is 3.42. The largest absolute Gasteiger partial charge is 0.318 e. The molecule has 2 aliphatic rings. The van der Waals surface area contributed by atoms with E-state index in [0.717, 1.165) is 51.5 Å². The number of aromatic nitrogens is 2. The molecular formula is C33H26FN3OS. The summed E-state index contributed by atoms with van der Waals surface area (Å²) in [6.07, 6.45) is 3.79. The van der Waals surface area contributed by atoms with E-state index in [1.54, 1.807) is 12.1 Å². The van der Waals surface area contributed by atoms with Crippen LogP contribution in [-0.2, 0) is 6.42 Å². The monoisotopic (exact) mass is 531 g/mol. The molecule has 0 amide bonds. The number of hydrogen-bond acceptors (Lipinski definition) is 3. The molecule has 2 aromatic heterocycles. The van der Waals surface area contributed by atoms with Crippen LogP contribution in [0.15, 0.2) is 100 Å². The second-order valence-electron chi connectivity index (χ2n) is 10.2. The van der Waals surface area contributed by atoms with E-state index in [9.17, 15) is 9.18 Å². The van der Waals surface area contributed by atoms with E-state index >= 15 is 0 Å².